The van der Waals surface area contributed by atoms with Gasteiger partial charge in [-0.25, -0.2) is 0 Å². The minimum atomic E-state index is -0.535. The summed E-state index contributed by atoms with van der Waals surface area (Å²) in [4.78, 5) is 33.6. The van der Waals surface area contributed by atoms with E-state index < -0.39 is 29.2 Å². The Morgan fingerprint density at radius 3 is 1.29 bits per heavy atom. The number of phenols is 2. The van der Waals surface area contributed by atoms with E-state index in [1.165, 1.54) is 27.7 Å². The Bertz CT molecular complexity index is 518. The molecule has 1 aromatic rings. The minimum absolute atomic E-state index is 0.00667. The standard InChI is InChI=1S/C13H17N3O5/c1-5-9(14-6(2)17)12(20)11(16-8(4)19)13(21)10(5)15-7(3)18/h20-21H,1-4H3,(H,14,17)(H,15,18)(H,16,19). The molecule has 5 N–H and O–H groups in total. The molecular weight excluding hydrogens is 278 g/mol. The van der Waals surface area contributed by atoms with E-state index in [0.29, 0.717) is 0 Å². The Hall–Kier alpha value is -2.77. The van der Waals surface area contributed by atoms with Gasteiger partial charge in [0.1, 0.15) is 5.69 Å². The lowest BCUT2D eigenvalue weighted by molar-refractivity contribution is -0.115. The largest absolute Gasteiger partial charge is 0.504 e. The van der Waals surface area contributed by atoms with Crippen molar-refractivity contribution >= 4 is 34.8 Å². The second kappa shape index (κ2) is 6.12. The molecule has 0 saturated carbocycles. The molecule has 0 aliphatic heterocycles. The smallest absolute Gasteiger partial charge is 0.221 e. The Morgan fingerprint density at radius 2 is 1.00 bits per heavy atom. The third-order valence-electron chi connectivity index (χ3n) is 2.60. The first-order valence-corrected chi connectivity index (χ1v) is 6.06. The number of anilines is 3. The second-order valence-corrected chi connectivity index (χ2v) is 4.49. The third kappa shape index (κ3) is 3.62. The fourth-order valence-electron chi connectivity index (χ4n) is 1.79. The van der Waals surface area contributed by atoms with E-state index in [0.717, 1.165) is 0 Å². The van der Waals surface area contributed by atoms with E-state index in [1.807, 2.05) is 0 Å². The van der Waals surface area contributed by atoms with Gasteiger partial charge in [-0.3, -0.25) is 14.4 Å². The first-order chi connectivity index (χ1) is 9.65. The van der Waals surface area contributed by atoms with Gasteiger partial charge in [0.25, 0.3) is 0 Å². The molecule has 0 bridgehead atoms. The van der Waals surface area contributed by atoms with Gasteiger partial charge in [-0.2, -0.15) is 0 Å². The van der Waals surface area contributed by atoms with Gasteiger partial charge in [0.2, 0.25) is 17.7 Å². The van der Waals surface area contributed by atoms with E-state index in [4.69, 9.17) is 0 Å². The average molecular weight is 295 g/mol. The van der Waals surface area contributed by atoms with Crippen molar-refractivity contribution in [3.63, 3.8) is 0 Å². The maximum absolute atomic E-state index is 11.2. The Morgan fingerprint density at radius 1 is 0.714 bits per heavy atom. The number of carbonyl (C=O) groups is 3. The molecule has 0 unspecified atom stereocenters. The summed E-state index contributed by atoms with van der Waals surface area (Å²) in [5.41, 5.74) is -0.0503. The number of hydrogen-bond donors (Lipinski definition) is 5. The minimum Gasteiger partial charge on any atom is -0.504 e. The van der Waals surface area contributed by atoms with Crippen LogP contribution in [0.15, 0.2) is 0 Å². The molecule has 0 saturated heterocycles. The predicted molar refractivity (Wildman–Crippen MR) is 77.4 cm³/mol. The third-order valence-corrected chi connectivity index (χ3v) is 2.60. The number of aromatic hydroxyl groups is 2. The van der Waals surface area contributed by atoms with Crippen LogP contribution in [0.4, 0.5) is 17.1 Å². The van der Waals surface area contributed by atoms with Crippen LogP contribution in [0.1, 0.15) is 26.3 Å². The zero-order valence-electron chi connectivity index (χ0n) is 12.1. The molecule has 0 heterocycles. The maximum Gasteiger partial charge on any atom is 0.221 e. The number of amides is 3. The molecule has 0 aromatic heterocycles. The normalized spacial score (nSPS) is 9.90. The molecule has 0 atom stereocenters. The van der Waals surface area contributed by atoms with Crippen molar-refractivity contribution in [2.75, 3.05) is 16.0 Å². The van der Waals surface area contributed by atoms with Crippen LogP contribution in [0.5, 0.6) is 11.5 Å². The Balaban J connectivity index is 3.60. The van der Waals surface area contributed by atoms with Gasteiger partial charge in [-0.05, 0) is 6.92 Å². The summed E-state index contributed by atoms with van der Waals surface area (Å²) >= 11 is 0. The summed E-state index contributed by atoms with van der Waals surface area (Å²) in [6, 6.07) is 0. The number of phenolic OH excluding ortho intramolecular Hbond substituents is 2. The maximum atomic E-state index is 11.2. The van der Waals surface area contributed by atoms with Crippen LogP contribution in [-0.2, 0) is 14.4 Å². The lowest BCUT2D eigenvalue weighted by Gasteiger charge is -2.19. The van der Waals surface area contributed by atoms with E-state index in [9.17, 15) is 24.6 Å². The molecule has 8 nitrogen and oxygen atoms in total. The summed E-state index contributed by atoms with van der Waals surface area (Å²) in [7, 11) is 0. The quantitative estimate of drug-likeness (QED) is 0.424. The highest BCUT2D eigenvalue weighted by Crippen LogP contribution is 2.48. The van der Waals surface area contributed by atoms with Gasteiger partial charge >= 0.3 is 0 Å². The van der Waals surface area contributed by atoms with Crippen molar-refractivity contribution in [3.05, 3.63) is 5.56 Å². The van der Waals surface area contributed by atoms with Gasteiger partial charge in [0, 0.05) is 26.3 Å². The highest BCUT2D eigenvalue weighted by atomic mass is 16.3. The second-order valence-electron chi connectivity index (χ2n) is 4.49. The Labute approximate surface area is 121 Å². The zero-order valence-corrected chi connectivity index (χ0v) is 12.1. The fourth-order valence-corrected chi connectivity index (χ4v) is 1.79. The average Bonchev–Trinajstić information content (AvgIpc) is 2.35. The first-order valence-electron chi connectivity index (χ1n) is 6.06. The van der Waals surface area contributed by atoms with Crippen LogP contribution in [0.25, 0.3) is 0 Å². The fraction of sp³-hybridized carbons (Fsp3) is 0.308. The topological polar surface area (TPSA) is 128 Å². The van der Waals surface area contributed by atoms with Gasteiger partial charge in [0.05, 0.1) is 11.4 Å². The molecule has 0 aliphatic carbocycles. The van der Waals surface area contributed by atoms with E-state index in [-0.39, 0.29) is 22.6 Å². The summed E-state index contributed by atoms with van der Waals surface area (Å²) < 4.78 is 0. The molecule has 3 amide bonds. The Kier molecular flexibility index (Phi) is 4.75. The number of rotatable bonds is 3. The van der Waals surface area contributed by atoms with E-state index in [2.05, 4.69) is 16.0 Å². The highest BCUT2D eigenvalue weighted by Gasteiger charge is 2.23. The molecule has 21 heavy (non-hydrogen) atoms. The van der Waals surface area contributed by atoms with Crippen LogP contribution in [-0.4, -0.2) is 27.9 Å². The van der Waals surface area contributed by atoms with Crippen molar-refractivity contribution in [3.8, 4) is 11.5 Å². The molecule has 114 valence electrons. The first kappa shape index (κ1) is 16.3. The summed E-state index contributed by atoms with van der Waals surface area (Å²) in [5.74, 6) is -2.44. The molecule has 0 spiro atoms. The lowest BCUT2D eigenvalue weighted by Crippen LogP contribution is -2.14. The van der Waals surface area contributed by atoms with Crippen molar-refractivity contribution in [1.82, 2.24) is 0 Å². The van der Waals surface area contributed by atoms with Crippen molar-refractivity contribution in [1.29, 1.82) is 0 Å². The monoisotopic (exact) mass is 295 g/mol. The van der Waals surface area contributed by atoms with Crippen LogP contribution >= 0.6 is 0 Å². The number of hydrogen-bond acceptors (Lipinski definition) is 5. The van der Waals surface area contributed by atoms with Crippen LogP contribution < -0.4 is 16.0 Å². The predicted octanol–water partition coefficient (Wildman–Crippen LogP) is 1.28. The molecular formula is C13H17N3O5. The zero-order chi connectivity index (χ0) is 16.3. The molecule has 1 aromatic carbocycles. The van der Waals surface area contributed by atoms with Gasteiger partial charge in [-0.15, -0.1) is 0 Å². The van der Waals surface area contributed by atoms with Gasteiger partial charge in [0.15, 0.2) is 11.5 Å². The van der Waals surface area contributed by atoms with Gasteiger partial charge in [-0.1, -0.05) is 0 Å². The SMILES string of the molecule is CC(=O)Nc1c(C)c(NC(C)=O)c(O)c(NC(C)=O)c1O. The lowest BCUT2D eigenvalue weighted by atomic mass is 10.1. The number of benzene rings is 1. The molecule has 1 rings (SSSR count). The van der Waals surface area contributed by atoms with Crippen LogP contribution in [0, 0.1) is 6.92 Å². The molecule has 0 radical (unpaired) electrons. The number of nitrogens with one attached hydrogen (secondary N) is 3. The van der Waals surface area contributed by atoms with Crippen molar-refractivity contribution < 1.29 is 24.6 Å². The number of carbonyl (C=O) groups excluding carboxylic acids is 3. The van der Waals surface area contributed by atoms with E-state index >= 15 is 0 Å². The molecule has 8 heteroatoms. The molecule has 0 aliphatic rings. The van der Waals surface area contributed by atoms with Crippen molar-refractivity contribution in [2.24, 2.45) is 0 Å². The summed E-state index contributed by atoms with van der Waals surface area (Å²) in [5, 5.41) is 27.3. The van der Waals surface area contributed by atoms with E-state index in [1.54, 1.807) is 0 Å². The van der Waals surface area contributed by atoms with Crippen LogP contribution in [0.3, 0.4) is 0 Å². The van der Waals surface area contributed by atoms with Gasteiger partial charge < -0.3 is 26.2 Å². The van der Waals surface area contributed by atoms with Crippen LogP contribution in [0.2, 0.25) is 0 Å². The summed E-state index contributed by atoms with van der Waals surface area (Å²) in [6.45, 7) is 5.16. The molecule has 0 fully saturated rings. The summed E-state index contributed by atoms with van der Waals surface area (Å²) in [6.07, 6.45) is 0. The van der Waals surface area contributed by atoms with Crippen molar-refractivity contribution in [2.45, 2.75) is 27.7 Å². The highest BCUT2D eigenvalue weighted by molar-refractivity contribution is 6.04.